The number of benzene rings is 1. The second kappa shape index (κ2) is 6.46. The Morgan fingerprint density at radius 1 is 1.12 bits per heavy atom. The molecular formula is C12H16O5. The highest BCUT2D eigenvalue weighted by Crippen LogP contribution is 2.07. The number of aliphatic hydroxyl groups is 4. The van der Waals surface area contributed by atoms with Gasteiger partial charge in [-0.1, -0.05) is 30.3 Å². The summed E-state index contributed by atoms with van der Waals surface area (Å²) in [4.78, 5) is 11.6. The Balaban J connectivity index is 2.59. The Bertz CT molecular complexity index is 351. The van der Waals surface area contributed by atoms with E-state index in [9.17, 15) is 15.0 Å². The van der Waals surface area contributed by atoms with E-state index < -0.39 is 30.7 Å². The molecule has 0 radical (unpaired) electrons. The largest absolute Gasteiger partial charge is 0.394 e. The van der Waals surface area contributed by atoms with E-state index in [4.69, 9.17) is 10.2 Å². The highest BCUT2D eigenvalue weighted by atomic mass is 16.4. The van der Waals surface area contributed by atoms with Gasteiger partial charge in [0.05, 0.1) is 6.61 Å². The first-order valence-electron chi connectivity index (χ1n) is 5.28. The first kappa shape index (κ1) is 13.8. The van der Waals surface area contributed by atoms with Crippen molar-refractivity contribution in [2.24, 2.45) is 0 Å². The summed E-state index contributed by atoms with van der Waals surface area (Å²) in [7, 11) is 0. The molecule has 0 aliphatic carbocycles. The van der Waals surface area contributed by atoms with E-state index in [0.29, 0.717) is 5.56 Å². The predicted octanol–water partition coefficient (Wildman–Crippen LogP) is -1.13. The lowest BCUT2D eigenvalue weighted by Crippen LogP contribution is -2.44. The van der Waals surface area contributed by atoms with Crippen molar-refractivity contribution >= 4 is 5.78 Å². The number of rotatable bonds is 6. The summed E-state index contributed by atoms with van der Waals surface area (Å²) in [5.41, 5.74) is 0.710. The van der Waals surface area contributed by atoms with Crippen molar-refractivity contribution in [1.82, 2.24) is 0 Å². The molecule has 0 heterocycles. The third kappa shape index (κ3) is 3.90. The number of carbonyl (C=O) groups is 1. The molecule has 0 amide bonds. The number of carbonyl (C=O) groups excluding carboxylic acids is 1. The molecule has 1 aromatic rings. The number of aliphatic hydroxyl groups excluding tert-OH is 4. The molecule has 0 saturated heterocycles. The quantitative estimate of drug-likeness (QED) is 0.504. The van der Waals surface area contributed by atoms with Gasteiger partial charge < -0.3 is 20.4 Å². The van der Waals surface area contributed by atoms with Crippen molar-refractivity contribution in [2.75, 3.05) is 6.61 Å². The van der Waals surface area contributed by atoms with Crippen molar-refractivity contribution in [3.05, 3.63) is 35.9 Å². The van der Waals surface area contributed by atoms with Crippen molar-refractivity contribution in [1.29, 1.82) is 0 Å². The Morgan fingerprint density at radius 2 is 1.71 bits per heavy atom. The fourth-order valence-corrected chi connectivity index (χ4v) is 1.41. The Hall–Kier alpha value is -1.27. The van der Waals surface area contributed by atoms with Crippen molar-refractivity contribution in [3.63, 3.8) is 0 Å². The van der Waals surface area contributed by atoms with Crippen LogP contribution in [0.4, 0.5) is 0 Å². The maximum absolute atomic E-state index is 11.6. The average Bonchev–Trinajstić information content (AvgIpc) is 2.37. The van der Waals surface area contributed by atoms with Crippen LogP contribution in [-0.4, -0.2) is 51.1 Å². The summed E-state index contributed by atoms with van der Waals surface area (Å²) in [6, 6.07) is 8.76. The van der Waals surface area contributed by atoms with Crippen molar-refractivity contribution < 1.29 is 25.2 Å². The van der Waals surface area contributed by atoms with Gasteiger partial charge in [-0.3, -0.25) is 4.79 Å². The molecular weight excluding hydrogens is 224 g/mol. The zero-order chi connectivity index (χ0) is 12.8. The van der Waals surface area contributed by atoms with Crippen LogP contribution in [0.5, 0.6) is 0 Å². The smallest absolute Gasteiger partial charge is 0.168 e. The summed E-state index contributed by atoms with van der Waals surface area (Å²) >= 11 is 0. The van der Waals surface area contributed by atoms with Gasteiger partial charge in [-0.2, -0.15) is 0 Å². The highest BCUT2D eigenvalue weighted by molar-refractivity contribution is 5.85. The topological polar surface area (TPSA) is 98.0 Å². The number of hydrogen-bond acceptors (Lipinski definition) is 5. The standard InChI is InChI=1S/C12H16O5/c13-7-10(15)12(17)11(16)9(14)6-8-4-2-1-3-5-8/h1-5,10-13,15-17H,6-7H2/t10-,11+,12-/m0/s1. The Morgan fingerprint density at radius 3 is 2.24 bits per heavy atom. The summed E-state index contributed by atoms with van der Waals surface area (Å²) in [5.74, 6) is -0.601. The monoisotopic (exact) mass is 240 g/mol. The van der Waals surface area contributed by atoms with Crippen LogP contribution in [0.2, 0.25) is 0 Å². The lowest BCUT2D eigenvalue weighted by molar-refractivity contribution is -0.139. The van der Waals surface area contributed by atoms with Gasteiger partial charge >= 0.3 is 0 Å². The maximum Gasteiger partial charge on any atom is 0.168 e. The van der Waals surface area contributed by atoms with E-state index in [0.717, 1.165) is 0 Å². The zero-order valence-corrected chi connectivity index (χ0v) is 9.23. The molecule has 0 aromatic heterocycles. The molecule has 0 spiro atoms. The van der Waals surface area contributed by atoms with Crippen molar-refractivity contribution in [2.45, 2.75) is 24.7 Å². The summed E-state index contributed by atoms with van der Waals surface area (Å²) in [6.07, 6.45) is -4.92. The number of ketones is 1. The van der Waals surface area contributed by atoms with E-state index in [1.165, 1.54) is 0 Å². The van der Waals surface area contributed by atoms with E-state index in [1.54, 1.807) is 30.3 Å². The highest BCUT2D eigenvalue weighted by Gasteiger charge is 2.29. The average molecular weight is 240 g/mol. The number of hydrogen-bond donors (Lipinski definition) is 4. The molecule has 1 rings (SSSR count). The molecule has 5 heteroatoms. The van der Waals surface area contributed by atoms with Crippen LogP contribution >= 0.6 is 0 Å². The van der Waals surface area contributed by atoms with E-state index in [-0.39, 0.29) is 6.42 Å². The molecule has 3 atom stereocenters. The minimum absolute atomic E-state index is 0.0305. The fourth-order valence-electron chi connectivity index (χ4n) is 1.41. The first-order chi connectivity index (χ1) is 8.06. The minimum Gasteiger partial charge on any atom is -0.394 e. The van der Waals surface area contributed by atoms with E-state index in [2.05, 4.69) is 0 Å². The van der Waals surface area contributed by atoms with Crippen molar-refractivity contribution in [3.8, 4) is 0 Å². The molecule has 0 aliphatic heterocycles. The van der Waals surface area contributed by atoms with Crippen LogP contribution in [-0.2, 0) is 11.2 Å². The molecule has 0 aliphatic rings. The molecule has 94 valence electrons. The van der Waals surface area contributed by atoms with Crippen LogP contribution in [0.1, 0.15) is 5.56 Å². The zero-order valence-electron chi connectivity index (χ0n) is 9.23. The van der Waals surface area contributed by atoms with Gasteiger partial charge in [-0.05, 0) is 5.56 Å². The van der Waals surface area contributed by atoms with Gasteiger partial charge in [0.1, 0.15) is 18.3 Å². The minimum atomic E-state index is -1.70. The molecule has 5 nitrogen and oxygen atoms in total. The maximum atomic E-state index is 11.6. The van der Waals surface area contributed by atoms with E-state index in [1.807, 2.05) is 0 Å². The van der Waals surface area contributed by atoms with Crippen LogP contribution in [0, 0.1) is 0 Å². The van der Waals surface area contributed by atoms with Gasteiger partial charge in [-0.15, -0.1) is 0 Å². The van der Waals surface area contributed by atoms with Gasteiger partial charge in [-0.25, -0.2) is 0 Å². The van der Waals surface area contributed by atoms with Gasteiger partial charge in [0.25, 0.3) is 0 Å². The molecule has 0 unspecified atom stereocenters. The number of Topliss-reactive ketones (excluding diaryl/α,β-unsaturated/α-hetero) is 1. The summed E-state index contributed by atoms with van der Waals surface area (Å²) < 4.78 is 0. The van der Waals surface area contributed by atoms with Gasteiger partial charge in [0, 0.05) is 6.42 Å². The molecule has 1 aromatic carbocycles. The normalized spacial score (nSPS) is 16.2. The van der Waals surface area contributed by atoms with Gasteiger partial charge in [0.15, 0.2) is 5.78 Å². The second-order valence-corrected chi connectivity index (χ2v) is 3.81. The van der Waals surface area contributed by atoms with Crippen LogP contribution in [0.15, 0.2) is 30.3 Å². The molecule has 0 bridgehead atoms. The summed E-state index contributed by atoms with van der Waals surface area (Å²) in [6.45, 7) is -0.711. The first-order valence-corrected chi connectivity index (χ1v) is 5.28. The fraction of sp³-hybridized carbons (Fsp3) is 0.417. The SMILES string of the molecule is O=C(Cc1ccccc1)[C@@H](O)[C@@H](O)[C@@H](O)CO. The molecule has 0 saturated carbocycles. The Labute approximate surface area is 99.0 Å². The van der Waals surface area contributed by atoms with Gasteiger partial charge in [0.2, 0.25) is 0 Å². The molecule has 17 heavy (non-hydrogen) atoms. The Kier molecular flexibility index (Phi) is 5.24. The van der Waals surface area contributed by atoms with Crippen LogP contribution in [0.3, 0.4) is 0 Å². The second-order valence-electron chi connectivity index (χ2n) is 3.81. The predicted molar refractivity (Wildman–Crippen MR) is 60.3 cm³/mol. The lowest BCUT2D eigenvalue weighted by Gasteiger charge is -2.20. The van der Waals surface area contributed by atoms with E-state index >= 15 is 0 Å². The third-order valence-corrected chi connectivity index (χ3v) is 2.46. The van der Waals surface area contributed by atoms with Crippen LogP contribution < -0.4 is 0 Å². The van der Waals surface area contributed by atoms with Crippen LogP contribution in [0.25, 0.3) is 0 Å². The third-order valence-electron chi connectivity index (χ3n) is 2.46. The summed E-state index contributed by atoms with van der Waals surface area (Å²) in [5, 5.41) is 36.5. The molecule has 0 fully saturated rings. The lowest BCUT2D eigenvalue weighted by atomic mass is 9.99. The molecule has 4 N–H and O–H groups in total.